The molecule has 1 aromatic heterocycles. The van der Waals surface area contributed by atoms with E-state index in [1.807, 2.05) is 0 Å². The smallest absolute Gasteiger partial charge is 0.343 e. The summed E-state index contributed by atoms with van der Waals surface area (Å²) >= 11 is 1.27. The molecule has 0 radical (unpaired) electrons. The van der Waals surface area contributed by atoms with Gasteiger partial charge in [0.1, 0.15) is 0 Å². The predicted molar refractivity (Wildman–Crippen MR) is 74.0 cm³/mol. The topological polar surface area (TPSA) is 77.9 Å². The van der Waals surface area contributed by atoms with Crippen molar-refractivity contribution in [2.75, 3.05) is 26.7 Å². The molecule has 1 aliphatic rings. The van der Waals surface area contributed by atoms with Crippen LogP contribution in [0.25, 0.3) is 0 Å². The zero-order chi connectivity index (χ0) is 15.6. The van der Waals surface area contributed by atoms with E-state index in [1.165, 1.54) is 23.3 Å². The summed E-state index contributed by atoms with van der Waals surface area (Å²) in [6.45, 7) is -0.628. The average molecular weight is 314 g/mol. The van der Waals surface area contributed by atoms with Crippen LogP contribution in [0.3, 0.4) is 0 Å². The van der Waals surface area contributed by atoms with Gasteiger partial charge in [0.25, 0.3) is 5.91 Å². The largest absolute Gasteiger partial charge is 0.479 e. The number of carboxylic acids is 1. The first-order valence-corrected chi connectivity index (χ1v) is 7.20. The van der Waals surface area contributed by atoms with Gasteiger partial charge in [-0.25, -0.2) is 9.18 Å². The Morgan fingerprint density at radius 1 is 1.52 bits per heavy atom. The van der Waals surface area contributed by atoms with Gasteiger partial charge in [0, 0.05) is 20.0 Å². The zero-order valence-electron chi connectivity index (χ0n) is 11.4. The number of rotatable bonds is 4. The van der Waals surface area contributed by atoms with Gasteiger partial charge >= 0.3 is 5.97 Å². The van der Waals surface area contributed by atoms with E-state index in [4.69, 9.17) is 5.11 Å². The van der Waals surface area contributed by atoms with Crippen LogP contribution in [0.5, 0.6) is 0 Å². The van der Waals surface area contributed by atoms with Crippen LogP contribution in [0, 0.1) is 0 Å². The number of halogens is 1. The Bertz CT molecular complexity index is 563. The second kappa shape index (κ2) is 5.80. The number of hydrogen-bond acceptors (Lipinski definition) is 4. The molecule has 2 amide bonds. The number of likely N-dealkylation sites (N-methyl/N-ethyl adjacent to an activating group) is 1. The number of likely N-dealkylation sites (tertiary alicyclic amines) is 1. The molecular weight excluding hydrogens is 299 g/mol. The standard InChI is InChI=1S/C13H15FN2O4S/c1-15(11(18)9-3-2-6-21-9)7-10(17)16-5-4-13(14,8-16)12(19)20/h2-3,6H,4-5,7-8H2,1H3,(H,19,20). The number of aliphatic carboxylic acids is 1. The minimum atomic E-state index is -2.38. The van der Waals surface area contributed by atoms with Crippen LogP contribution < -0.4 is 0 Å². The van der Waals surface area contributed by atoms with Crippen LogP contribution in [0.2, 0.25) is 0 Å². The molecular formula is C13H15FN2O4S. The molecule has 1 unspecified atom stereocenters. The summed E-state index contributed by atoms with van der Waals surface area (Å²) in [5, 5.41) is 10.5. The lowest BCUT2D eigenvalue weighted by Gasteiger charge is -2.21. The van der Waals surface area contributed by atoms with Crippen molar-refractivity contribution in [2.45, 2.75) is 12.1 Å². The Labute approximate surface area is 124 Å². The number of alkyl halides is 1. The number of hydrogen-bond donors (Lipinski definition) is 1. The Kier molecular flexibility index (Phi) is 4.26. The molecule has 1 atom stereocenters. The van der Waals surface area contributed by atoms with Crippen molar-refractivity contribution in [3.05, 3.63) is 22.4 Å². The third-order valence-electron chi connectivity index (χ3n) is 3.41. The maximum atomic E-state index is 13.9. The molecule has 114 valence electrons. The fourth-order valence-electron chi connectivity index (χ4n) is 2.12. The fraction of sp³-hybridized carbons (Fsp3) is 0.462. The van der Waals surface area contributed by atoms with E-state index < -0.39 is 24.1 Å². The monoisotopic (exact) mass is 314 g/mol. The number of amides is 2. The first-order valence-electron chi connectivity index (χ1n) is 6.32. The molecule has 1 saturated heterocycles. The van der Waals surface area contributed by atoms with Crippen molar-refractivity contribution in [1.29, 1.82) is 0 Å². The molecule has 1 fully saturated rings. The van der Waals surface area contributed by atoms with E-state index in [2.05, 4.69) is 0 Å². The molecule has 0 spiro atoms. The summed E-state index contributed by atoms with van der Waals surface area (Å²) in [5.74, 6) is -2.30. The second-order valence-corrected chi connectivity index (χ2v) is 5.92. The lowest BCUT2D eigenvalue weighted by molar-refractivity contribution is -0.150. The minimum absolute atomic E-state index is 0.0443. The Morgan fingerprint density at radius 3 is 2.76 bits per heavy atom. The molecule has 0 aromatic carbocycles. The number of carbonyl (C=O) groups is 3. The van der Waals surface area contributed by atoms with E-state index in [9.17, 15) is 18.8 Å². The van der Waals surface area contributed by atoms with Crippen LogP contribution in [-0.2, 0) is 9.59 Å². The van der Waals surface area contributed by atoms with Gasteiger partial charge in [-0.1, -0.05) is 6.07 Å². The molecule has 0 aliphatic carbocycles. The van der Waals surface area contributed by atoms with Gasteiger partial charge in [0.15, 0.2) is 0 Å². The summed E-state index contributed by atoms with van der Waals surface area (Å²) in [6.07, 6.45) is -0.226. The highest BCUT2D eigenvalue weighted by molar-refractivity contribution is 7.12. The number of thiophene rings is 1. The summed E-state index contributed by atoms with van der Waals surface area (Å²) in [4.78, 5) is 37.7. The highest BCUT2D eigenvalue weighted by Crippen LogP contribution is 2.26. The summed E-state index contributed by atoms with van der Waals surface area (Å²) in [6, 6.07) is 3.39. The van der Waals surface area contributed by atoms with Crippen molar-refractivity contribution in [3.63, 3.8) is 0 Å². The first kappa shape index (κ1) is 15.4. The van der Waals surface area contributed by atoms with Crippen molar-refractivity contribution < 1.29 is 23.9 Å². The molecule has 6 nitrogen and oxygen atoms in total. The van der Waals surface area contributed by atoms with E-state index in [0.717, 1.165) is 4.90 Å². The normalized spacial score (nSPS) is 21.3. The van der Waals surface area contributed by atoms with Gasteiger partial charge in [0.2, 0.25) is 11.6 Å². The molecule has 1 aromatic rings. The highest BCUT2D eigenvalue weighted by atomic mass is 32.1. The number of nitrogens with zero attached hydrogens (tertiary/aromatic N) is 2. The van der Waals surface area contributed by atoms with Crippen molar-refractivity contribution >= 4 is 29.1 Å². The van der Waals surface area contributed by atoms with E-state index >= 15 is 0 Å². The summed E-state index contributed by atoms with van der Waals surface area (Å²) in [5.41, 5.74) is -2.38. The molecule has 21 heavy (non-hydrogen) atoms. The Hall–Kier alpha value is -1.96. The van der Waals surface area contributed by atoms with Crippen LogP contribution in [0.1, 0.15) is 16.1 Å². The van der Waals surface area contributed by atoms with Crippen molar-refractivity contribution in [3.8, 4) is 0 Å². The quantitative estimate of drug-likeness (QED) is 0.893. The molecule has 2 rings (SSSR count). The first-order chi connectivity index (χ1) is 9.83. The van der Waals surface area contributed by atoms with Crippen molar-refractivity contribution in [2.24, 2.45) is 0 Å². The van der Waals surface area contributed by atoms with E-state index in [-0.39, 0.29) is 25.4 Å². The van der Waals surface area contributed by atoms with Crippen LogP contribution in [-0.4, -0.2) is 65.0 Å². The molecule has 1 aliphatic heterocycles. The van der Waals surface area contributed by atoms with Crippen LogP contribution in [0.4, 0.5) is 4.39 Å². The number of carbonyl (C=O) groups excluding carboxylic acids is 2. The summed E-state index contributed by atoms with van der Waals surface area (Å²) in [7, 11) is 1.48. The van der Waals surface area contributed by atoms with Crippen molar-refractivity contribution in [1.82, 2.24) is 9.80 Å². The molecule has 0 saturated carbocycles. The Balaban J connectivity index is 1.93. The minimum Gasteiger partial charge on any atom is -0.479 e. The maximum Gasteiger partial charge on any atom is 0.343 e. The van der Waals surface area contributed by atoms with E-state index in [0.29, 0.717) is 4.88 Å². The average Bonchev–Trinajstić information content (AvgIpc) is 3.07. The lowest BCUT2D eigenvalue weighted by atomic mass is 10.1. The van der Waals surface area contributed by atoms with Gasteiger partial charge in [-0.05, 0) is 11.4 Å². The van der Waals surface area contributed by atoms with Gasteiger partial charge in [-0.15, -0.1) is 11.3 Å². The van der Waals surface area contributed by atoms with Crippen LogP contribution >= 0.6 is 11.3 Å². The third kappa shape index (κ3) is 3.21. The number of carboxylic acid groups (broad SMARTS) is 1. The van der Waals surface area contributed by atoms with Gasteiger partial charge in [0.05, 0.1) is 18.0 Å². The maximum absolute atomic E-state index is 13.9. The van der Waals surface area contributed by atoms with Gasteiger partial charge < -0.3 is 14.9 Å². The molecule has 1 N–H and O–H groups in total. The predicted octanol–water partition coefficient (Wildman–Crippen LogP) is 0.845. The summed E-state index contributed by atoms with van der Waals surface area (Å²) < 4.78 is 13.9. The van der Waals surface area contributed by atoms with Crippen LogP contribution in [0.15, 0.2) is 17.5 Å². The molecule has 0 bridgehead atoms. The zero-order valence-corrected chi connectivity index (χ0v) is 12.2. The fourth-order valence-corrected chi connectivity index (χ4v) is 2.84. The van der Waals surface area contributed by atoms with Gasteiger partial charge in [-0.3, -0.25) is 9.59 Å². The van der Waals surface area contributed by atoms with Gasteiger partial charge in [-0.2, -0.15) is 0 Å². The lowest BCUT2D eigenvalue weighted by Crippen LogP contribution is -2.43. The third-order valence-corrected chi connectivity index (χ3v) is 4.26. The SMILES string of the molecule is CN(CC(=O)N1CCC(F)(C(=O)O)C1)C(=O)c1cccs1. The molecule has 2 heterocycles. The Morgan fingerprint density at radius 2 is 2.24 bits per heavy atom. The highest BCUT2D eigenvalue weighted by Gasteiger charge is 2.46. The molecule has 8 heteroatoms. The van der Waals surface area contributed by atoms with E-state index in [1.54, 1.807) is 17.5 Å². The second-order valence-electron chi connectivity index (χ2n) is 4.97.